The Morgan fingerprint density at radius 3 is 2.50 bits per heavy atom. The second-order valence-electron chi connectivity index (χ2n) is 5.35. The van der Waals surface area contributed by atoms with Gasteiger partial charge in [0.15, 0.2) is 0 Å². The monoisotopic (exact) mass is 334 g/mol. The Morgan fingerprint density at radius 2 is 1.92 bits per heavy atom. The number of rotatable bonds is 5. The largest absolute Gasteiger partial charge is 0.321 e. The predicted molar refractivity (Wildman–Crippen MR) is 83.5 cm³/mol. The van der Waals surface area contributed by atoms with E-state index in [0.29, 0.717) is 0 Å². The van der Waals surface area contributed by atoms with Gasteiger partial charge in [0.05, 0.1) is 30.1 Å². The highest BCUT2D eigenvalue weighted by Gasteiger charge is 2.36. The SMILES string of the molecule is C[NH+](C)/C=C/C1=C([N+](=O)[O-])[C@@H](c2cccc([N+](=O)[O-])c2)NC(=O)N1. The molecule has 0 fully saturated rings. The second-order valence-corrected chi connectivity index (χ2v) is 5.35. The Hall–Kier alpha value is -3.27. The number of carbonyl (C=O) groups excluding carboxylic acids is 1. The minimum absolute atomic E-state index is 0.0430. The second kappa shape index (κ2) is 6.87. The molecule has 1 heterocycles. The van der Waals surface area contributed by atoms with Crippen LogP contribution in [0.25, 0.3) is 0 Å². The molecule has 1 aromatic rings. The van der Waals surface area contributed by atoms with Crippen LogP contribution < -0.4 is 15.5 Å². The molecule has 126 valence electrons. The highest BCUT2D eigenvalue weighted by Crippen LogP contribution is 2.29. The summed E-state index contributed by atoms with van der Waals surface area (Å²) in [6.07, 6.45) is 3.07. The van der Waals surface area contributed by atoms with Gasteiger partial charge in [0.2, 0.25) is 0 Å². The minimum Gasteiger partial charge on any atom is -0.321 e. The number of hydrogen-bond acceptors (Lipinski definition) is 5. The standard InChI is InChI=1S/C14H15N5O5/c1-17(2)7-6-11-13(19(23)24)12(16-14(20)15-11)9-4-3-5-10(8-9)18(21)22/h3-8,12H,1-2H3,(H2,15,16,20)/p+1/b7-6+/t12-/m1/s1. The van der Waals surface area contributed by atoms with Crippen LogP contribution in [0.4, 0.5) is 10.5 Å². The molecule has 1 aliphatic rings. The van der Waals surface area contributed by atoms with Crippen LogP contribution in [-0.4, -0.2) is 30.0 Å². The van der Waals surface area contributed by atoms with Crippen LogP contribution in [0.3, 0.4) is 0 Å². The first-order chi connectivity index (χ1) is 11.3. The average molecular weight is 334 g/mol. The first-order valence-electron chi connectivity index (χ1n) is 6.98. The van der Waals surface area contributed by atoms with Crippen molar-refractivity contribution in [3.8, 4) is 0 Å². The van der Waals surface area contributed by atoms with Crippen LogP contribution in [0.15, 0.2) is 47.9 Å². The summed E-state index contributed by atoms with van der Waals surface area (Å²) in [7, 11) is 3.62. The Balaban J connectivity index is 2.55. The molecule has 0 aliphatic carbocycles. The Bertz CT molecular complexity index is 756. The van der Waals surface area contributed by atoms with Gasteiger partial charge in [-0.05, 0) is 5.56 Å². The molecule has 1 aromatic carbocycles. The number of amides is 2. The normalized spacial score (nSPS) is 17.8. The molecule has 0 saturated heterocycles. The van der Waals surface area contributed by atoms with Gasteiger partial charge in [0.1, 0.15) is 11.7 Å². The Morgan fingerprint density at radius 1 is 1.21 bits per heavy atom. The molecule has 0 radical (unpaired) electrons. The van der Waals surface area contributed by atoms with E-state index in [-0.39, 0.29) is 22.6 Å². The van der Waals surface area contributed by atoms with E-state index < -0.39 is 21.9 Å². The van der Waals surface area contributed by atoms with Gasteiger partial charge in [-0.25, -0.2) is 4.79 Å². The molecule has 24 heavy (non-hydrogen) atoms. The van der Waals surface area contributed by atoms with E-state index >= 15 is 0 Å². The zero-order valence-corrected chi connectivity index (χ0v) is 13.0. The van der Waals surface area contributed by atoms with Gasteiger partial charge in [-0.2, -0.15) is 0 Å². The van der Waals surface area contributed by atoms with E-state index in [1.807, 2.05) is 14.1 Å². The zero-order valence-electron chi connectivity index (χ0n) is 13.0. The number of allylic oxidation sites excluding steroid dienone is 1. The maximum atomic E-state index is 11.8. The molecule has 0 unspecified atom stereocenters. The lowest BCUT2D eigenvalue weighted by Crippen LogP contribution is -3.00. The van der Waals surface area contributed by atoms with Gasteiger partial charge in [-0.15, -0.1) is 0 Å². The lowest BCUT2D eigenvalue weighted by molar-refractivity contribution is -0.801. The molecular weight excluding hydrogens is 318 g/mol. The van der Waals surface area contributed by atoms with E-state index in [4.69, 9.17) is 0 Å². The minimum atomic E-state index is -1.09. The third kappa shape index (κ3) is 3.73. The van der Waals surface area contributed by atoms with Crippen LogP contribution in [-0.2, 0) is 0 Å². The zero-order chi connectivity index (χ0) is 17.9. The van der Waals surface area contributed by atoms with Crippen LogP contribution in [0.5, 0.6) is 0 Å². The van der Waals surface area contributed by atoms with Gasteiger partial charge < -0.3 is 15.5 Å². The number of hydrogen-bond donors (Lipinski definition) is 3. The highest BCUT2D eigenvalue weighted by atomic mass is 16.6. The van der Waals surface area contributed by atoms with Crippen LogP contribution >= 0.6 is 0 Å². The van der Waals surface area contributed by atoms with Crippen LogP contribution in [0.1, 0.15) is 11.6 Å². The number of non-ortho nitro benzene ring substituents is 1. The fourth-order valence-corrected chi connectivity index (χ4v) is 2.22. The Labute approximate surface area is 136 Å². The van der Waals surface area contributed by atoms with Crippen molar-refractivity contribution in [1.82, 2.24) is 10.6 Å². The van der Waals surface area contributed by atoms with Gasteiger partial charge in [-0.3, -0.25) is 20.2 Å². The first-order valence-corrected chi connectivity index (χ1v) is 6.98. The number of nitro groups is 2. The van der Waals surface area contributed by atoms with E-state index in [9.17, 15) is 25.0 Å². The summed E-state index contributed by atoms with van der Waals surface area (Å²) < 4.78 is 0. The van der Waals surface area contributed by atoms with Crippen molar-refractivity contribution in [3.63, 3.8) is 0 Å². The first kappa shape index (κ1) is 17.1. The van der Waals surface area contributed by atoms with Crippen molar-refractivity contribution in [1.29, 1.82) is 0 Å². The summed E-state index contributed by atoms with van der Waals surface area (Å²) in [6, 6.07) is 3.68. The molecule has 2 amide bonds. The average Bonchev–Trinajstić information content (AvgIpc) is 2.52. The van der Waals surface area contributed by atoms with Crippen molar-refractivity contribution in [3.05, 3.63) is 73.7 Å². The lowest BCUT2D eigenvalue weighted by Gasteiger charge is -2.23. The van der Waals surface area contributed by atoms with Crippen molar-refractivity contribution in [2.24, 2.45) is 0 Å². The molecule has 0 spiro atoms. The number of carbonyl (C=O) groups is 1. The lowest BCUT2D eigenvalue weighted by atomic mass is 10.00. The summed E-state index contributed by atoms with van der Waals surface area (Å²) in [5, 5.41) is 27.2. The molecule has 3 N–H and O–H groups in total. The molecule has 0 aromatic heterocycles. The molecule has 0 saturated carbocycles. The van der Waals surface area contributed by atoms with Crippen molar-refractivity contribution in [2.75, 3.05) is 14.1 Å². The molecule has 10 heteroatoms. The van der Waals surface area contributed by atoms with Crippen LogP contribution in [0.2, 0.25) is 0 Å². The van der Waals surface area contributed by atoms with Crippen molar-refractivity contribution >= 4 is 11.7 Å². The highest BCUT2D eigenvalue weighted by molar-refractivity contribution is 5.79. The molecule has 10 nitrogen and oxygen atoms in total. The summed E-state index contributed by atoms with van der Waals surface area (Å²) in [5.74, 6) is 0. The van der Waals surface area contributed by atoms with E-state index in [0.717, 1.165) is 4.90 Å². The molecular formula is C14H16N5O5+. The van der Waals surface area contributed by atoms with Crippen molar-refractivity contribution < 1.29 is 19.5 Å². The predicted octanol–water partition coefficient (Wildman–Crippen LogP) is 0.0952. The van der Waals surface area contributed by atoms with E-state index in [2.05, 4.69) is 10.6 Å². The number of nitro benzene ring substituents is 1. The van der Waals surface area contributed by atoms with E-state index in [1.54, 1.807) is 6.20 Å². The number of quaternary nitrogens is 1. The Kier molecular flexibility index (Phi) is 4.90. The summed E-state index contributed by atoms with van der Waals surface area (Å²) >= 11 is 0. The van der Waals surface area contributed by atoms with Gasteiger partial charge >= 0.3 is 6.03 Å². The third-order valence-corrected chi connectivity index (χ3v) is 3.27. The summed E-state index contributed by atoms with van der Waals surface area (Å²) in [4.78, 5) is 33.9. The fourth-order valence-electron chi connectivity index (χ4n) is 2.22. The van der Waals surface area contributed by atoms with Gasteiger partial charge in [0.25, 0.3) is 11.4 Å². The smallest absolute Gasteiger partial charge is 0.320 e. The number of urea groups is 1. The third-order valence-electron chi connectivity index (χ3n) is 3.27. The molecule has 0 bridgehead atoms. The number of nitrogens with one attached hydrogen (secondary N) is 3. The number of nitrogens with zero attached hydrogens (tertiary/aromatic N) is 2. The number of benzene rings is 1. The quantitative estimate of drug-likeness (QED) is 0.519. The van der Waals surface area contributed by atoms with E-state index in [1.165, 1.54) is 30.3 Å². The topological polar surface area (TPSA) is 132 Å². The molecule has 1 aliphatic heterocycles. The van der Waals surface area contributed by atoms with Crippen LogP contribution in [0, 0.1) is 20.2 Å². The van der Waals surface area contributed by atoms with Gasteiger partial charge in [-0.1, -0.05) is 12.1 Å². The maximum Gasteiger partial charge on any atom is 0.320 e. The fraction of sp³-hybridized carbons (Fsp3) is 0.214. The summed E-state index contributed by atoms with van der Waals surface area (Å²) in [6.45, 7) is 0. The van der Waals surface area contributed by atoms with Gasteiger partial charge in [0, 0.05) is 18.2 Å². The van der Waals surface area contributed by atoms with Crippen molar-refractivity contribution in [2.45, 2.75) is 6.04 Å². The molecule has 2 rings (SSSR count). The summed E-state index contributed by atoms with van der Waals surface area (Å²) in [5.41, 5.74) is -0.194. The molecule has 1 atom stereocenters. The maximum absolute atomic E-state index is 11.8.